The van der Waals surface area contributed by atoms with Crippen LogP contribution in [0.4, 0.5) is 0 Å². The van der Waals surface area contributed by atoms with E-state index in [2.05, 4.69) is 33.0 Å². The average molecular weight is 173 g/mol. The molecule has 0 bridgehead atoms. The van der Waals surface area contributed by atoms with Crippen LogP contribution in [-0.2, 0) is 4.74 Å². The third kappa shape index (κ3) is 5.56. The highest BCUT2D eigenvalue weighted by atomic mass is 16.5. The van der Waals surface area contributed by atoms with Gasteiger partial charge >= 0.3 is 0 Å². The van der Waals surface area contributed by atoms with Crippen LogP contribution in [0.1, 0.15) is 27.7 Å². The molecule has 2 atom stereocenters. The van der Waals surface area contributed by atoms with Gasteiger partial charge in [-0.05, 0) is 25.3 Å². The van der Waals surface area contributed by atoms with Crippen molar-refractivity contribution in [1.29, 1.82) is 0 Å². The Morgan fingerprint density at radius 2 is 1.67 bits per heavy atom. The SMILES string of the molecule is COC(C)C(C)CNCC(C)C. The minimum atomic E-state index is 0.352. The van der Waals surface area contributed by atoms with Crippen molar-refractivity contribution in [3.05, 3.63) is 0 Å². The second kappa shape index (κ2) is 6.44. The van der Waals surface area contributed by atoms with E-state index in [0.717, 1.165) is 19.0 Å². The average Bonchev–Trinajstić information content (AvgIpc) is 2.02. The van der Waals surface area contributed by atoms with E-state index in [-0.39, 0.29) is 0 Å². The number of nitrogens with one attached hydrogen (secondary N) is 1. The van der Waals surface area contributed by atoms with Gasteiger partial charge in [0, 0.05) is 13.7 Å². The van der Waals surface area contributed by atoms with Gasteiger partial charge in [0.1, 0.15) is 0 Å². The van der Waals surface area contributed by atoms with Crippen LogP contribution >= 0.6 is 0 Å². The molecule has 2 heteroatoms. The molecule has 0 spiro atoms. The van der Waals surface area contributed by atoms with E-state index in [9.17, 15) is 0 Å². The predicted octanol–water partition coefficient (Wildman–Crippen LogP) is 1.90. The molecule has 0 radical (unpaired) electrons. The highest BCUT2D eigenvalue weighted by Gasteiger charge is 2.09. The monoisotopic (exact) mass is 173 g/mol. The van der Waals surface area contributed by atoms with E-state index in [1.54, 1.807) is 7.11 Å². The fourth-order valence-corrected chi connectivity index (χ4v) is 0.998. The molecule has 0 aromatic rings. The highest BCUT2D eigenvalue weighted by Crippen LogP contribution is 2.03. The molecule has 2 unspecified atom stereocenters. The minimum Gasteiger partial charge on any atom is -0.381 e. The maximum atomic E-state index is 5.23. The summed E-state index contributed by atoms with van der Waals surface area (Å²) in [6.07, 6.45) is 0.352. The molecule has 0 aromatic heterocycles. The molecule has 0 amide bonds. The van der Waals surface area contributed by atoms with Gasteiger partial charge in [0.15, 0.2) is 0 Å². The van der Waals surface area contributed by atoms with E-state index in [4.69, 9.17) is 4.74 Å². The Hall–Kier alpha value is -0.0800. The number of ether oxygens (including phenoxy) is 1. The fraction of sp³-hybridized carbons (Fsp3) is 1.00. The molecule has 0 heterocycles. The van der Waals surface area contributed by atoms with Crippen molar-refractivity contribution in [1.82, 2.24) is 5.32 Å². The Balaban J connectivity index is 3.37. The van der Waals surface area contributed by atoms with Gasteiger partial charge in [0.2, 0.25) is 0 Å². The van der Waals surface area contributed by atoms with Gasteiger partial charge in [-0.3, -0.25) is 0 Å². The van der Waals surface area contributed by atoms with E-state index in [1.807, 2.05) is 0 Å². The summed E-state index contributed by atoms with van der Waals surface area (Å²) in [5.74, 6) is 1.32. The van der Waals surface area contributed by atoms with Gasteiger partial charge in [-0.15, -0.1) is 0 Å². The minimum absolute atomic E-state index is 0.352. The number of hydrogen-bond acceptors (Lipinski definition) is 2. The Morgan fingerprint density at radius 3 is 2.08 bits per heavy atom. The molecular weight excluding hydrogens is 150 g/mol. The van der Waals surface area contributed by atoms with Crippen LogP contribution in [0.5, 0.6) is 0 Å². The smallest absolute Gasteiger partial charge is 0.0580 e. The summed E-state index contributed by atoms with van der Waals surface area (Å²) in [6, 6.07) is 0. The molecular formula is C10H23NO. The van der Waals surface area contributed by atoms with Crippen LogP contribution in [0.25, 0.3) is 0 Å². The van der Waals surface area contributed by atoms with Crippen molar-refractivity contribution in [2.24, 2.45) is 11.8 Å². The summed E-state index contributed by atoms with van der Waals surface area (Å²) in [5, 5.41) is 3.42. The fourth-order valence-electron chi connectivity index (χ4n) is 0.998. The van der Waals surface area contributed by atoms with E-state index in [0.29, 0.717) is 12.0 Å². The third-order valence-electron chi connectivity index (χ3n) is 2.19. The Morgan fingerprint density at radius 1 is 1.08 bits per heavy atom. The van der Waals surface area contributed by atoms with E-state index < -0.39 is 0 Å². The van der Waals surface area contributed by atoms with Crippen molar-refractivity contribution in [3.63, 3.8) is 0 Å². The highest BCUT2D eigenvalue weighted by molar-refractivity contribution is 4.64. The van der Waals surface area contributed by atoms with Crippen LogP contribution < -0.4 is 5.32 Å². The zero-order valence-corrected chi connectivity index (χ0v) is 9.05. The van der Waals surface area contributed by atoms with Crippen LogP contribution in [0.3, 0.4) is 0 Å². The Bertz CT molecular complexity index is 104. The summed E-state index contributed by atoms with van der Waals surface area (Å²) < 4.78 is 5.23. The van der Waals surface area contributed by atoms with Crippen molar-refractivity contribution in [3.8, 4) is 0 Å². The second-order valence-corrected chi connectivity index (χ2v) is 3.97. The first-order chi connectivity index (χ1) is 5.57. The maximum Gasteiger partial charge on any atom is 0.0580 e. The lowest BCUT2D eigenvalue weighted by atomic mass is 10.1. The van der Waals surface area contributed by atoms with E-state index in [1.165, 1.54) is 0 Å². The zero-order valence-electron chi connectivity index (χ0n) is 9.05. The molecule has 74 valence electrons. The maximum absolute atomic E-state index is 5.23. The summed E-state index contributed by atoms with van der Waals surface area (Å²) in [7, 11) is 1.77. The third-order valence-corrected chi connectivity index (χ3v) is 2.19. The topological polar surface area (TPSA) is 21.3 Å². The molecule has 0 aliphatic rings. The molecule has 0 fully saturated rings. The van der Waals surface area contributed by atoms with Crippen LogP contribution in [0.15, 0.2) is 0 Å². The summed E-state index contributed by atoms with van der Waals surface area (Å²) in [4.78, 5) is 0. The van der Waals surface area contributed by atoms with Gasteiger partial charge in [-0.2, -0.15) is 0 Å². The van der Waals surface area contributed by atoms with Crippen LogP contribution in [-0.4, -0.2) is 26.3 Å². The van der Waals surface area contributed by atoms with Crippen molar-refractivity contribution in [2.45, 2.75) is 33.8 Å². The Kier molecular flexibility index (Phi) is 6.39. The molecule has 12 heavy (non-hydrogen) atoms. The largest absolute Gasteiger partial charge is 0.381 e. The van der Waals surface area contributed by atoms with Gasteiger partial charge < -0.3 is 10.1 Å². The summed E-state index contributed by atoms with van der Waals surface area (Å²) in [5.41, 5.74) is 0. The summed E-state index contributed by atoms with van der Waals surface area (Å²) >= 11 is 0. The van der Waals surface area contributed by atoms with Crippen molar-refractivity contribution in [2.75, 3.05) is 20.2 Å². The Labute approximate surface area is 76.7 Å². The lowest BCUT2D eigenvalue weighted by Crippen LogP contribution is -2.31. The van der Waals surface area contributed by atoms with Crippen molar-refractivity contribution >= 4 is 0 Å². The molecule has 1 N–H and O–H groups in total. The molecule has 2 nitrogen and oxygen atoms in total. The standard InChI is InChI=1S/C10H23NO/c1-8(2)6-11-7-9(3)10(4)12-5/h8-11H,6-7H2,1-5H3. The molecule has 0 saturated heterocycles. The predicted molar refractivity (Wildman–Crippen MR) is 53.3 cm³/mol. The lowest BCUT2D eigenvalue weighted by molar-refractivity contribution is 0.0733. The van der Waals surface area contributed by atoms with Gasteiger partial charge in [-0.1, -0.05) is 20.8 Å². The number of hydrogen-bond donors (Lipinski definition) is 1. The molecule has 0 saturated carbocycles. The normalized spacial score (nSPS) is 16.5. The first-order valence-corrected chi connectivity index (χ1v) is 4.81. The number of rotatable bonds is 6. The quantitative estimate of drug-likeness (QED) is 0.662. The lowest BCUT2D eigenvalue weighted by Gasteiger charge is -2.19. The first-order valence-electron chi connectivity index (χ1n) is 4.81. The second-order valence-electron chi connectivity index (χ2n) is 3.97. The van der Waals surface area contributed by atoms with Gasteiger partial charge in [0.25, 0.3) is 0 Å². The first kappa shape index (κ1) is 11.9. The summed E-state index contributed by atoms with van der Waals surface area (Å²) in [6.45, 7) is 10.9. The van der Waals surface area contributed by atoms with Crippen LogP contribution in [0, 0.1) is 11.8 Å². The molecule has 0 aliphatic heterocycles. The molecule has 0 aliphatic carbocycles. The van der Waals surface area contributed by atoms with Crippen LogP contribution in [0.2, 0.25) is 0 Å². The van der Waals surface area contributed by atoms with E-state index >= 15 is 0 Å². The molecule has 0 aromatic carbocycles. The zero-order chi connectivity index (χ0) is 9.56. The number of methoxy groups -OCH3 is 1. The van der Waals surface area contributed by atoms with Gasteiger partial charge in [0.05, 0.1) is 6.10 Å². The molecule has 0 rings (SSSR count). The van der Waals surface area contributed by atoms with Gasteiger partial charge in [-0.25, -0.2) is 0 Å². The van der Waals surface area contributed by atoms with Crippen molar-refractivity contribution < 1.29 is 4.74 Å².